The molecule has 1 saturated carbocycles. The molecule has 6 nitrogen and oxygen atoms in total. The summed E-state index contributed by atoms with van der Waals surface area (Å²) >= 11 is 0. The summed E-state index contributed by atoms with van der Waals surface area (Å²) in [4.78, 5) is 22.9. The van der Waals surface area contributed by atoms with Crippen molar-refractivity contribution in [1.82, 2.24) is 19.9 Å². The Kier molecular flexibility index (Phi) is 7.17. The molecule has 8 heteroatoms. The number of carbonyl (C=O) groups is 1. The van der Waals surface area contributed by atoms with Gasteiger partial charge in [0.05, 0.1) is 30.1 Å². The molecule has 192 valence electrons. The van der Waals surface area contributed by atoms with Gasteiger partial charge in [0.2, 0.25) is 0 Å². The molecule has 1 aromatic carbocycles. The van der Waals surface area contributed by atoms with Crippen LogP contribution in [0.1, 0.15) is 72.8 Å². The highest BCUT2D eigenvalue weighted by atomic mass is 19.2. The van der Waals surface area contributed by atoms with Gasteiger partial charge in [-0.05, 0) is 67.5 Å². The molecule has 0 radical (unpaired) electrons. The molecule has 0 aliphatic heterocycles. The zero-order chi connectivity index (χ0) is 25.9. The van der Waals surface area contributed by atoms with Crippen LogP contribution in [0, 0.1) is 11.6 Å². The molecule has 0 atom stereocenters. The van der Waals surface area contributed by atoms with Crippen molar-refractivity contribution in [3.05, 3.63) is 89.0 Å². The third-order valence-corrected chi connectivity index (χ3v) is 6.78. The summed E-state index contributed by atoms with van der Waals surface area (Å²) in [5.74, 6) is -1.53. The third-order valence-electron chi connectivity index (χ3n) is 6.78. The van der Waals surface area contributed by atoms with Gasteiger partial charge in [-0.3, -0.25) is 9.78 Å². The lowest BCUT2D eigenvalue weighted by Crippen LogP contribution is -2.24. The average molecular weight is 505 g/mol. The fraction of sp³-hybridized carbons (Fsp3) is 0.345. The van der Waals surface area contributed by atoms with Crippen molar-refractivity contribution in [2.75, 3.05) is 0 Å². The molecule has 5 rings (SSSR count). The summed E-state index contributed by atoms with van der Waals surface area (Å²) in [6.45, 7) is 4.58. The number of nitrogens with zero attached hydrogens (tertiary/aromatic N) is 3. The van der Waals surface area contributed by atoms with Crippen molar-refractivity contribution in [1.29, 1.82) is 0 Å². The highest BCUT2D eigenvalue weighted by molar-refractivity contribution is 6.08. The maximum atomic E-state index is 13.7. The van der Waals surface area contributed by atoms with Crippen LogP contribution >= 0.6 is 0 Å². The Morgan fingerprint density at radius 2 is 1.92 bits per heavy atom. The van der Waals surface area contributed by atoms with Gasteiger partial charge in [0.15, 0.2) is 11.6 Å². The smallest absolute Gasteiger partial charge is 0.254 e. The predicted molar refractivity (Wildman–Crippen MR) is 138 cm³/mol. The number of halogens is 2. The fourth-order valence-electron chi connectivity index (χ4n) is 5.06. The number of rotatable bonds is 8. The molecule has 1 aliphatic rings. The van der Waals surface area contributed by atoms with E-state index in [2.05, 4.69) is 10.3 Å². The minimum absolute atomic E-state index is 0.00104. The molecular weight excluding hydrogens is 474 g/mol. The van der Waals surface area contributed by atoms with Crippen LogP contribution in [0.15, 0.2) is 54.9 Å². The molecular formula is C29H30F2N4O2. The number of hydrogen-bond acceptors (Lipinski definition) is 4. The molecule has 0 bridgehead atoms. The first-order valence-electron chi connectivity index (χ1n) is 12.7. The second kappa shape index (κ2) is 10.7. The summed E-state index contributed by atoms with van der Waals surface area (Å²) in [6, 6.07) is 11.2. The van der Waals surface area contributed by atoms with E-state index >= 15 is 0 Å². The predicted octanol–water partition coefficient (Wildman–Crippen LogP) is 6.13. The second-order valence-corrected chi connectivity index (χ2v) is 9.82. The first-order chi connectivity index (χ1) is 17.9. The fourth-order valence-corrected chi connectivity index (χ4v) is 5.06. The largest absolute Gasteiger partial charge is 0.489 e. The van der Waals surface area contributed by atoms with Gasteiger partial charge >= 0.3 is 0 Å². The van der Waals surface area contributed by atoms with Gasteiger partial charge in [-0.25, -0.2) is 13.8 Å². The van der Waals surface area contributed by atoms with E-state index in [1.165, 1.54) is 6.07 Å². The summed E-state index contributed by atoms with van der Waals surface area (Å²) < 4.78 is 35.3. The SMILES string of the molecule is CC(C)c1c(C(=O)NCc2ccc(F)c(F)c2)c2cc(OC3CCCC3)cnc2n1Cc1ccccn1. The van der Waals surface area contributed by atoms with E-state index < -0.39 is 11.6 Å². The molecule has 0 unspecified atom stereocenters. The van der Waals surface area contributed by atoms with Gasteiger partial charge in [-0.15, -0.1) is 0 Å². The molecule has 1 fully saturated rings. The number of benzene rings is 1. The standard InChI is InChI=1S/C29H30F2N4O2/c1-18(2)27-26(29(36)34-15-19-10-11-24(30)25(31)13-19)23-14-22(37-21-8-3-4-9-21)16-33-28(23)35(27)17-20-7-5-6-12-32-20/h5-7,10-14,16,18,21H,3-4,8-9,15,17H2,1-2H3,(H,34,36). The Hall–Kier alpha value is -3.81. The Morgan fingerprint density at radius 3 is 2.62 bits per heavy atom. The van der Waals surface area contributed by atoms with Gasteiger partial charge < -0.3 is 14.6 Å². The summed E-state index contributed by atoms with van der Waals surface area (Å²) in [6.07, 6.45) is 7.95. The lowest BCUT2D eigenvalue weighted by Gasteiger charge is -2.15. The van der Waals surface area contributed by atoms with Crippen LogP contribution in [0.4, 0.5) is 8.78 Å². The first-order valence-corrected chi connectivity index (χ1v) is 12.7. The van der Waals surface area contributed by atoms with Gasteiger partial charge in [0.1, 0.15) is 11.4 Å². The zero-order valence-electron chi connectivity index (χ0n) is 21.0. The summed E-state index contributed by atoms with van der Waals surface area (Å²) in [7, 11) is 0. The van der Waals surface area contributed by atoms with Crippen molar-refractivity contribution in [2.24, 2.45) is 0 Å². The van der Waals surface area contributed by atoms with Crippen molar-refractivity contribution in [2.45, 2.75) is 64.6 Å². The number of amides is 1. The van der Waals surface area contributed by atoms with Crippen molar-refractivity contribution in [3.63, 3.8) is 0 Å². The Balaban J connectivity index is 1.56. The van der Waals surface area contributed by atoms with Crippen LogP contribution in [0.5, 0.6) is 5.75 Å². The summed E-state index contributed by atoms with van der Waals surface area (Å²) in [5, 5.41) is 3.59. The monoisotopic (exact) mass is 504 g/mol. The van der Waals surface area contributed by atoms with E-state index in [1.54, 1.807) is 12.4 Å². The van der Waals surface area contributed by atoms with Gasteiger partial charge in [0, 0.05) is 23.8 Å². The Morgan fingerprint density at radius 1 is 1.11 bits per heavy atom. The summed E-state index contributed by atoms with van der Waals surface area (Å²) in [5.41, 5.74) is 3.33. The number of hydrogen-bond donors (Lipinski definition) is 1. The lowest BCUT2D eigenvalue weighted by atomic mass is 10.0. The number of fused-ring (bicyclic) bond motifs is 1. The van der Waals surface area contributed by atoms with E-state index in [-0.39, 0.29) is 24.5 Å². The van der Waals surface area contributed by atoms with Gasteiger partial charge in [0.25, 0.3) is 5.91 Å². The van der Waals surface area contributed by atoms with Crippen LogP contribution in [-0.2, 0) is 13.1 Å². The van der Waals surface area contributed by atoms with Crippen LogP contribution in [0.2, 0.25) is 0 Å². The van der Waals surface area contributed by atoms with Crippen molar-refractivity contribution >= 4 is 16.9 Å². The Bertz CT molecular complexity index is 1410. The molecule has 0 spiro atoms. The van der Waals surface area contributed by atoms with Gasteiger partial charge in [-0.1, -0.05) is 26.0 Å². The normalized spacial score (nSPS) is 14.0. The highest BCUT2D eigenvalue weighted by Crippen LogP contribution is 2.34. The van der Waals surface area contributed by atoms with Crippen molar-refractivity contribution < 1.29 is 18.3 Å². The maximum Gasteiger partial charge on any atom is 0.254 e. The quantitative estimate of drug-likeness (QED) is 0.313. The third kappa shape index (κ3) is 5.33. The van der Waals surface area contributed by atoms with E-state index in [4.69, 9.17) is 9.72 Å². The molecule has 1 N–H and O–H groups in total. The minimum Gasteiger partial charge on any atom is -0.489 e. The molecule has 1 aliphatic carbocycles. The van der Waals surface area contributed by atoms with E-state index in [0.717, 1.165) is 49.2 Å². The highest BCUT2D eigenvalue weighted by Gasteiger charge is 2.27. The molecule has 3 heterocycles. The maximum absolute atomic E-state index is 13.7. The number of carbonyl (C=O) groups excluding carboxylic acids is 1. The second-order valence-electron chi connectivity index (χ2n) is 9.82. The zero-order valence-corrected chi connectivity index (χ0v) is 21.0. The molecule has 3 aromatic heterocycles. The molecule has 37 heavy (non-hydrogen) atoms. The van der Waals surface area contributed by atoms with Crippen LogP contribution in [0.3, 0.4) is 0 Å². The molecule has 1 amide bonds. The lowest BCUT2D eigenvalue weighted by molar-refractivity contribution is 0.0951. The first kappa shape index (κ1) is 24.9. The minimum atomic E-state index is -0.945. The number of pyridine rings is 2. The van der Waals surface area contributed by atoms with Crippen molar-refractivity contribution in [3.8, 4) is 5.75 Å². The number of aromatic nitrogens is 3. The van der Waals surface area contributed by atoms with E-state index in [9.17, 15) is 13.6 Å². The van der Waals surface area contributed by atoms with Crippen LogP contribution in [-0.4, -0.2) is 26.5 Å². The van der Waals surface area contributed by atoms with Crippen LogP contribution < -0.4 is 10.1 Å². The van der Waals surface area contributed by atoms with Gasteiger partial charge in [-0.2, -0.15) is 0 Å². The van der Waals surface area contributed by atoms with E-state index in [0.29, 0.717) is 34.5 Å². The molecule has 4 aromatic rings. The average Bonchev–Trinajstić information content (AvgIpc) is 3.51. The number of nitrogens with one attached hydrogen (secondary N) is 1. The topological polar surface area (TPSA) is 69.0 Å². The molecule has 0 saturated heterocycles. The Labute approximate surface area is 214 Å². The number of ether oxygens (including phenoxy) is 1. The van der Waals surface area contributed by atoms with E-state index in [1.807, 2.05) is 42.7 Å². The van der Waals surface area contributed by atoms with Crippen LogP contribution in [0.25, 0.3) is 11.0 Å².